The molecule has 0 aliphatic rings. The Morgan fingerprint density at radius 2 is 1.61 bits per heavy atom. The fourth-order valence-electron chi connectivity index (χ4n) is 2.31. The summed E-state index contributed by atoms with van der Waals surface area (Å²) in [4.78, 5) is 23.8. The Balaban J connectivity index is 1.60. The van der Waals surface area contributed by atoms with E-state index in [9.17, 15) is 9.59 Å². The van der Waals surface area contributed by atoms with Crippen LogP contribution in [-0.4, -0.2) is 30.1 Å². The van der Waals surface area contributed by atoms with E-state index in [2.05, 4.69) is 16.2 Å². The van der Waals surface area contributed by atoms with Crippen molar-refractivity contribution in [2.45, 2.75) is 19.8 Å². The van der Waals surface area contributed by atoms with Gasteiger partial charge in [-0.25, -0.2) is 0 Å². The van der Waals surface area contributed by atoms with Crippen molar-refractivity contribution in [1.29, 1.82) is 0 Å². The van der Waals surface area contributed by atoms with Gasteiger partial charge in [0.25, 0.3) is 5.91 Å². The number of thiocarbonyl (C=S) groups is 1. The second kappa shape index (κ2) is 12.6. The monoisotopic (exact) mass is 503 g/mol. The van der Waals surface area contributed by atoms with Gasteiger partial charge in [0.1, 0.15) is 11.5 Å². The van der Waals surface area contributed by atoms with Crippen LogP contribution in [0, 0.1) is 6.92 Å². The number of rotatable bonds is 8. The highest BCUT2D eigenvalue weighted by molar-refractivity contribution is 7.80. The first kappa shape index (κ1) is 25.0. The first-order valence-electron chi connectivity index (χ1n) is 9.10. The summed E-state index contributed by atoms with van der Waals surface area (Å²) in [5.74, 6) is 0.227. The molecule has 0 fully saturated rings. The van der Waals surface area contributed by atoms with Crippen molar-refractivity contribution in [2.24, 2.45) is 0 Å². The zero-order valence-electron chi connectivity index (χ0n) is 16.5. The maximum atomic E-state index is 11.9. The molecular weight excluding hydrogens is 485 g/mol. The lowest BCUT2D eigenvalue weighted by Gasteiger charge is -2.12. The average Bonchev–Trinajstić information content (AvgIpc) is 2.70. The van der Waals surface area contributed by atoms with Crippen molar-refractivity contribution >= 4 is 63.9 Å². The fraction of sp³-hybridized carbons (Fsp3) is 0.250. The maximum absolute atomic E-state index is 11.9. The minimum Gasteiger partial charge on any atom is -0.492 e. The molecule has 166 valence electrons. The highest BCUT2D eigenvalue weighted by Gasteiger charge is 2.09. The molecule has 0 bridgehead atoms. The van der Waals surface area contributed by atoms with Crippen molar-refractivity contribution in [2.75, 3.05) is 13.2 Å². The van der Waals surface area contributed by atoms with Crippen LogP contribution in [0.2, 0.25) is 15.1 Å². The molecule has 0 saturated heterocycles. The van der Waals surface area contributed by atoms with Gasteiger partial charge >= 0.3 is 0 Å². The minimum atomic E-state index is -0.473. The molecule has 2 amide bonds. The van der Waals surface area contributed by atoms with Crippen LogP contribution in [0.1, 0.15) is 18.4 Å². The van der Waals surface area contributed by atoms with Crippen molar-refractivity contribution in [1.82, 2.24) is 16.2 Å². The van der Waals surface area contributed by atoms with Gasteiger partial charge in [0, 0.05) is 16.5 Å². The van der Waals surface area contributed by atoms with Crippen LogP contribution in [0.5, 0.6) is 11.5 Å². The number of hydrazine groups is 1. The van der Waals surface area contributed by atoms with E-state index in [-0.39, 0.29) is 30.7 Å². The zero-order valence-corrected chi connectivity index (χ0v) is 19.6. The molecule has 0 aliphatic carbocycles. The molecule has 0 aromatic heterocycles. The number of halogens is 3. The molecule has 0 radical (unpaired) electrons. The molecule has 3 N–H and O–H groups in total. The highest BCUT2D eigenvalue weighted by Crippen LogP contribution is 2.27. The Morgan fingerprint density at radius 3 is 2.29 bits per heavy atom. The average molecular weight is 505 g/mol. The molecule has 2 aromatic carbocycles. The summed E-state index contributed by atoms with van der Waals surface area (Å²) in [7, 11) is 0. The Morgan fingerprint density at radius 1 is 0.935 bits per heavy atom. The maximum Gasteiger partial charge on any atom is 0.276 e. The standard InChI is InChI=1S/C20H20Cl3N3O4S/c1-12-9-13(21)4-6-16(12)30-11-19(28)25-26-20(31)24-18(27)3-2-8-29-17-7-5-14(22)10-15(17)23/h4-7,9-10H,2-3,8,11H2,1H3,(H,25,28)(H2,24,26,27,31). The third-order valence-corrected chi connectivity index (χ3v) is 4.73. The lowest BCUT2D eigenvalue weighted by Crippen LogP contribution is -2.49. The summed E-state index contributed by atoms with van der Waals surface area (Å²) in [6.07, 6.45) is 0.605. The SMILES string of the molecule is Cc1cc(Cl)ccc1OCC(=O)NNC(=S)NC(=O)CCCOc1ccc(Cl)cc1Cl. The second-order valence-electron chi connectivity index (χ2n) is 6.28. The zero-order chi connectivity index (χ0) is 22.8. The van der Waals surface area contributed by atoms with Gasteiger partial charge in [0.15, 0.2) is 11.7 Å². The van der Waals surface area contributed by atoms with E-state index in [1.54, 1.807) is 36.4 Å². The lowest BCUT2D eigenvalue weighted by molar-refractivity contribution is -0.124. The Kier molecular flexibility index (Phi) is 10.1. The van der Waals surface area contributed by atoms with Crippen molar-refractivity contribution in [3.05, 3.63) is 57.0 Å². The van der Waals surface area contributed by atoms with Crippen LogP contribution in [0.3, 0.4) is 0 Å². The van der Waals surface area contributed by atoms with Crippen LogP contribution in [0.15, 0.2) is 36.4 Å². The van der Waals surface area contributed by atoms with E-state index >= 15 is 0 Å². The summed E-state index contributed by atoms with van der Waals surface area (Å²) in [5, 5.41) is 3.90. The molecule has 31 heavy (non-hydrogen) atoms. The van der Waals surface area contributed by atoms with Gasteiger partial charge < -0.3 is 14.8 Å². The van der Waals surface area contributed by atoms with Crippen LogP contribution < -0.4 is 25.6 Å². The quantitative estimate of drug-likeness (QED) is 0.283. The minimum absolute atomic E-state index is 0.0392. The predicted molar refractivity (Wildman–Crippen MR) is 125 cm³/mol. The normalized spacial score (nSPS) is 10.2. The molecule has 0 aliphatic heterocycles. The Labute approximate surface area is 200 Å². The number of aryl methyl sites for hydroxylation is 1. The number of hydrogen-bond donors (Lipinski definition) is 3. The largest absolute Gasteiger partial charge is 0.492 e. The van der Waals surface area contributed by atoms with Crippen LogP contribution in [-0.2, 0) is 9.59 Å². The van der Waals surface area contributed by atoms with Gasteiger partial charge in [0.05, 0.1) is 11.6 Å². The van der Waals surface area contributed by atoms with E-state index in [4.69, 9.17) is 56.5 Å². The lowest BCUT2D eigenvalue weighted by atomic mass is 10.2. The molecule has 0 atom stereocenters. The molecule has 7 nitrogen and oxygen atoms in total. The van der Waals surface area contributed by atoms with E-state index in [0.717, 1.165) is 5.56 Å². The third kappa shape index (κ3) is 9.18. The Hall–Kier alpha value is -2.26. The van der Waals surface area contributed by atoms with Gasteiger partial charge in [0.2, 0.25) is 5.91 Å². The van der Waals surface area contributed by atoms with E-state index < -0.39 is 5.91 Å². The molecule has 2 rings (SSSR count). The predicted octanol–water partition coefficient (Wildman–Crippen LogP) is 4.22. The van der Waals surface area contributed by atoms with Crippen LogP contribution in [0.4, 0.5) is 0 Å². The van der Waals surface area contributed by atoms with E-state index in [0.29, 0.717) is 33.0 Å². The van der Waals surface area contributed by atoms with Crippen molar-refractivity contribution in [3.8, 4) is 11.5 Å². The molecule has 0 saturated carbocycles. The fourth-order valence-corrected chi connectivity index (χ4v) is 3.16. The summed E-state index contributed by atoms with van der Waals surface area (Å²) < 4.78 is 10.9. The van der Waals surface area contributed by atoms with Crippen molar-refractivity contribution < 1.29 is 19.1 Å². The molecule has 0 spiro atoms. The highest BCUT2D eigenvalue weighted by atomic mass is 35.5. The number of hydrogen-bond acceptors (Lipinski definition) is 5. The van der Waals surface area contributed by atoms with Crippen LogP contribution in [0.25, 0.3) is 0 Å². The van der Waals surface area contributed by atoms with Gasteiger partial charge in [-0.1, -0.05) is 34.8 Å². The first-order chi connectivity index (χ1) is 14.7. The third-order valence-electron chi connectivity index (χ3n) is 3.76. The molecule has 0 unspecified atom stereocenters. The van der Waals surface area contributed by atoms with Crippen molar-refractivity contribution in [3.63, 3.8) is 0 Å². The number of benzene rings is 2. The summed E-state index contributed by atoms with van der Waals surface area (Å²) in [6, 6.07) is 9.96. The topological polar surface area (TPSA) is 88.7 Å². The molecular formula is C20H20Cl3N3O4S. The first-order valence-corrected chi connectivity index (χ1v) is 10.6. The number of carbonyl (C=O) groups is 2. The van der Waals surface area contributed by atoms with Gasteiger partial charge in [-0.2, -0.15) is 0 Å². The van der Waals surface area contributed by atoms with Gasteiger partial charge in [-0.3, -0.25) is 20.4 Å². The summed E-state index contributed by atoms with van der Waals surface area (Å²) >= 11 is 22.7. The second-order valence-corrected chi connectivity index (χ2v) is 7.96. The van der Waals surface area contributed by atoms with Gasteiger partial charge in [-0.15, -0.1) is 0 Å². The number of carbonyl (C=O) groups excluding carboxylic acids is 2. The van der Waals surface area contributed by atoms with E-state index in [1.807, 2.05) is 6.92 Å². The number of amides is 2. The Bertz CT molecular complexity index is 959. The van der Waals surface area contributed by atoms with Gasteiger partial charge in [-0.05, 0) is 67.5 Å². The summed E-state index contributed by atoms with van der Waals surface area (Å²) in [5.41, 5.74) is 5.59. The summed E-state index contributed by atoms with van der Waals surface area (Å²) in [6.45, 7) is 1.86. The number of nitrogens with one attached hydrogen (secondary N) is 3. The van der Waals surface area contributed by atoms with E-state index in [1.165, 1.54) is 0 Å². The molecule has 2 aromatic rings. The molecule has 0 heterocycles. The smallest absolute Gasteiger partial charge is 0.276 e. The number of ether oxygens (including phenoxy) is 2. The molecule has 11 heteroatoms. The van der Waals surface area contributed by atoms with Crippen LogP contribution >= 0.6 is 47.0 Å².